The fourth-order valence-corrected chi connectivity index (χ4v) is 4.43. The Kier molecular flexibility index (Phi) is 5.48. The average molecular weight is 427 g/mol. The molecule has 27 heavy (non-hydrogen) atoms. The summed E-state index contributed by atoms with van der Waals surface area (Å²) in [4.78, 5) is 7.09. The van der Waals surface area contributed by atoms with E-state index in [1.54, 1.807) is 7.11 Å². The van der Waals surface area contributed by atoms with Gasteiger partial charge in [-0.3, -0.25) is 4.99 Å². The Labute approximate surface area is 170 Å². The van der Waals surface area contributed by atoms with Gasteiger partial charge in [-0.15, -0.1) is 0 Å². The third kappa shape index (κ3) is 3.81. The molecule has 1 aliphatic heterocycles. The van der Waals surface area contributed by atoms with Gasteiger partial charge in [0.1, 0.15) is 5.75 Å². The van der Waals surface area contributed by atoms with Crippen molar-refractivity contribution in [1.82, 2.24) is 0 Å². The molecule has 0 spiro atoms. The smallest absolute Gasteiger partial charge is 0.129 e. The fraction of sp³-hybridized carbons (Fsp3) is 0.348. The van der Waals surface area contributed by atoms with Crippen molar-refractivity contribution in [2.45, 2.75) is 40.2 Å². The molecule has 142 valence electrons. The number of fused-ring (bicyclic) bond motifs is 1. The van der Waals surface area contributed by atoms with Gasteiger partial charge in [-0.05, 0) is 79.9 Å². The van der Waals surface area contributed by atoms with Crippen LogP contribution in [0.25, 0.3) is 5.57 Å². The molecule has 0 saturated carbocycles. The van der Waals surface area contributed by atoms with E-state index in [-0.39, 0.29) is 5.54 Å². The molecule has 0 aliphatic carbocycles. The number of likely N-dealkylation sites (N-methyl/N-ethyl adjacent to an activating group) is 1. The van der Waals surface area contributed by atoms with Crippen LogP contribution in [-0.2, 0) is 0 Å². The van der Waals surface area contributed by atoms with Crippen molar-refractivity contribution in [2.75, 3.05) is 18.6 Å². The Morgan fingerprint density at radius 2 is 1.93 bits per heavy atom. The van der Waals surface area contributed by atoms with Gasteiger partial charge in [-0.2, -0.15) is 0 Å². The highest BCUT2D eigenvalue weighted by molar-refractivity contribution is 9.10. The molecule has 4 heteroatoms. The Hall–Kier alpha value is -2.07. The molecule has 2 aromatic carbocycles. The first-order chi connectivity index (χ1) is 12.8. The lowest BCUT2D eigenvalue weighted by Gasteiger charge is -2.43. The Morgan fingerprint density at radius 1 is 1.19 bits per heavy atom. The second-order valence-electron chi connectivity index (χ2n) is 7.55. The van der Waals surface area contributed by atoms with Crippen molar-refractivity contribution in [1.29, 1.82) is 0 Å². The third-order valence-corrected chi connectivity index (χ3v) is 5.73. The van der Waals surface area contributed by atoms with Crippen LogP contribution in [0.4, 0.5) is 11.4 Å². The molecule has 0 unspecified atom stereocenters. The van der Waals surface area contributed by atoms with Crippen LogP contribution in [0.15, 0.2) is 45.9 Å². The predicted molar refractivity (Wildman–Crippen MR) is 120 cm³/mol. The monoisotopic (exact) mass is 426 g/mol. The maximum Gasteiger partial charge on any atom is 0.129 e. The molecule has 0 aromatic heterocycles. The zero-order chi connectivity index (χ0) is 19.8. The number of ether oxygens (including phenoxy) is 1. The van der Waals surface area contributed by atoms with Crippen LogP contribution in [0, 0.1) is 6.92 Å². The number of hydrogen-bond donors (Lipinski definition) is 0. The Morgan fingerprint density at radius 3 is 2.56 bits per heavy atom. The summed E-state index contributed by atoms with van der Waals surface area (Å²) in [6.07, 6.45) is 4.22. The van der Waals surface area contributed by atoms with E-state index in [2.05, 4.69) is 90.8 Å². The van der Waals surface area contributed by atoms with Crippen LogP contribution in [0.5, 0.6) is 5.75 Å². The molecule has 0 bridgehead atoms. The van der Waals surface area contributed by atoms with Gasteiger partial charge in [0.25, 0.3) is 0 Å². The van der Waals surface area contributed by atoms with Gasteiger partial charge in [0.2, 0.25) is 0 Å². The summed E-state index contributed by atoms with van der Waals surface area (Å²) >= 11 is 3.59. The highest BCUT2D eigenvalue weighted by Crippen LogP contribution is 2.41. The summed E-state index contributed by atoms with van der Waals surface area (Å²) < 4.78 is 6.69. The van der Waals surface area contributed by atoms with E-state index in [9.17, 15) is 0 Å². The van der Waals surface area contributed by atoms with Gasteiger partial charge in [0.15, 0.2) is 0 Å². The molecular formula is C23H27BrN2O. The molecule has 1 heterocycles. The van der Waals surface area contributed by atoms with Crippen molar-refractivity contribution in [3.63, 3.8) is 0 Å². The summed E-state index contributed by atoms with van der Waals surface area (Å²) in [5, 5.41) is 0. The molecule has 1 aliphatic rings. The van der Waals surface area contributed by atoms with Gasteiger partial charge >= 0.3 is 0 Å². The van der Waals surface area contributed by atoms with E-state index in [0.717, 1.165) is 28.0 Å². The summed E-state index contributed by atoms with van der Waals surface area (Å²) in [7, 11) is 1.72. The SMILES string of the molecule is CCN1c2cc(OC)c(C=Nc3ccc(C)cc3Br)cc2C(C)=CC1(C)C. The molecule has 0 fully saturated rings. The zero-order valence-electron chi connectivity index (χ0n) is 16.9. The van der Waals surface area contributed by atoms with E-state index in [1.807, 2.05) is 12.3 Å². The molecule has 0 amide bonds. The molecule has 2 aromatic rings. The number of halogens is 1. The molecule has 0 N–H and O–H groups in total. The number of nitrogens with zero attached hydrogens (tertiary/aromatic N) is 2. The van der Waals surface area contributed by atoms with E-state index in [0.29, 0.717) is 0 Å². The minimum atomic E-state index is -0.0147. The average Bonchev–Trinajstić information content (AvgIpc) is 2.60. The van der Waals surface area contributed by atoms with Crippen LogP contribution < -0.4 is 9.64 Å². The molecule has 0 atom stereocenters. The van der Waals surface area contributed by atoms with E-state index >= 15 is 0 Å². The van der Waals surface area contributed by atoms with Crippen molar-refractivity contribution < 1.29 is 4.74 Å². The van der Waals surface area contributed by atoms with Crippen LogP contribution in [-0.4, -0.2) is 25.4 Å². The first-order valence-corrected chi connectivity index (χ1v) is 10.1. The lowest BCUT2D eigenvalue weighted by Crippen LogP contribution is -2.44. The third-order valence-electron chi connectivity index (χ3n) is 5.09. The number of rotatable bonds is 4. The minimum Gasteiger partial charge on any atom is -0.496 e. The fourth-order valence-electron chi connectivity index (χ4n) is 3.83. The summed E-state index contributed by atoms with van der Waals surface area (Å²) in [5.74, 6) is 0.838. The number of methoxy groups -OCH3 is 1. The Balaban J connectivity index is 2.08. The minimum absolute atomic E-state index is 0.0147. The first kappa shape index (κ1) is 19.7. The predicted octanol–water partition coefficient (Wildman–Crippen LogP) is 6.54. The number of anilines is 1. The lowest BCUT2D eigenvalue weighted by atomic mass is 9.88. The van der Waals surface area contributed by atoms with E-state index in [4.69, 9.17) is 4.74 Å². The molecule has 3 nitrogen and oxygen atoms in total. The van der Waals surface area contributed by atoms with Gasteiger partial charge in [-0.25, -0.2) is 0 Å². The zero-order valence-corrected chi connectivity index (χ0v) is 18.5. The van der Waals surface area contributed by atoms with Gasteiger partial charge in [-0.1, -0.05) is 12.1 Å². The number of aliphatic imine (C=N–C) groups is 1. The van der Waals surface area contributed by atoms with E-state index < -0.39 is 0 Å². The molecule has 0 saturated heterocycles. The highest BCUT2D eigenvalue weighted by Gasteiger charge is 2.31. The van der Waals surface area contributed by atoms with Crippen LogP contribution in [0.1, 0.15) is 44.4 Å². The molecular weight excluding hydrogens is 400 g/mol. The van der Waals surface area contributed by atoms with Crippen LogP contribution >= 0.6 is 15.9 Å². The highest BCUT2D eigenvalue weighted by atomic mass is 79.9. The van der Waals surface area contributed by atoms with Gasteiger partial charge < -0.3 is 9.64 Å². The number of hydrogen-bond acceptors (Lipinski definition) is 3. The van der Waals surface area contributed by atoms with Crippen molar-refractivity contribution in [3.05, 3.63) is 57.6 Å². The molecule has 3 rings (SSSR count). The molecule has 0 radical (unpaired) electrons. The van der Waals surface area contributed by atoms with Gasteiger partial charge in [0.05, 0.1) is 18.3 Å². The van der Waals surface area contributed by atoms with Crippen molar-refractivity contribution >= 4 is 39.1 Å². The standard InChI is InChI=1S/C23H27BrN2O/c1-7-26-21-12-22(27-6)17(11-18(21)16(3)13-23(26,4)5)14-25-20-9-8-15(2)10-19(20)24/h8-14H,7H2,1-6H3. The maximum atomic E-state index is 5.70. The second-order valence-corrected chi connectivity index (χ2v) is 8.40. The Bertz CT molecular complexity index is 928. The first-order valence-electron chi connectivity index (χ1n) is 9.26. The normalized spacial score (nSPS) is 15.7. The number of benzene rings is 2. The second kappa shape index (κ2) is 7.51. The largest absolute Gasteiger partial charge is 0.496 e. The quantitative estimate of drug-likeness (QED) is 0.518. The number of allylic oxidation sites excluding steroid dienone is 1. The van der Waals surface area contributed by atoms with E-state index in [1.165, 1.54) is 22.4 Å². The maximum absolute atomic E-state index is 5.70. The van der Waals surface area contributed by atoms with Crippen LogP contribution in [0.3, 0.4) is 0 Å². The summed E-state index contributed by atoms with van der Waals surface area (Å²) in [6, 6.07) is 10.5. The van der Waals surface area contributed by atoms with Crippen LogP contribution in [0.2, 0.25) is 0 Å². The van der Waals surface area contributed by atoms with Gasteiger partial charge in [0, 0.05) is 40.1 Å². The lowest BCUT2D eigenvalue weighted by molar-refractivity contribution is 0.413. The number of aryl methyl sites for hydroxylation is 1. The summed E-state index contributed by atoms with van der Waals surface area (Å²) in [5.41, 5.74) is 6.81. The summed E-state index contributed by atoms with van der Waals surface area (Å²) in [6.45, 7) is 11.9. The topological polar surface area (TPSA) is 24.8 Å². The van der Waals surface area contributed by atoms with Crippen molar-refractivity contribution in [3.8, 4) is 5.75 Å². The van der Waals surface area contributed by atoms with Crippen molar-refractivity contribution in [2.24, 2.45) is 4.99 Å².